The molecule has 2 aromatic rings. The number of carbonyl (C=O) groups excluding carboxylic acids is 1. The first kappa shape index (κ1) is 18.3. The third-order valence-electron chi connectivity index (χ3n) is 3.72. The summed E-state index contributed by atoms with van der Waals surface area (Å²) in [6.07, 6.45) is 2.88. The Morgan fingerprint density at radius 2 is 1.84 bits per heavy atom. The summed E-state index contributed by atoms with van der Waals surface area (Å²) in [6.45, 7) is 4.18. The number of halogens is 2. The molecule has 0 aromatic heterocycles. The molecule has 1 N–H and O–H groups in total. The van der Waals surface area contributed by atoms with Crippen LogP contribution in [0.15, 0.2) is 48.5 Å². The van der Waals surface area contributed by atoms with Gasteiger partial charge < -0.3 is 5.32 Å². The first-order valence-corrected chi connectivity index (χ1v) is 7.84. The number of hydrogen-bond acceptors (Lipinski definition) is 2. The van der Waals surface area contributed by atoms with E-state index in [4.69, 9.17) is 5.26 Å². The Labute approximate surface area is 145 Å². The summed E-state index contributed by atoms with van der Waals surface area (Å²) in [4.78, 5) is 12.0. The maximum absolute atomic E-state index is 13.7. The van der Waals surface area contributed by atoms with Crippen LogP contribution in [0.2, 0.25) is 0 Å². The van der Waals surface area contributed by atoms with Crippen LogP contribution in [0.4, 0.5) is 8.78 Å². The fourth-order valence-corrected chi connectivity index (χ4v) is 2.27. The zero-order chi connectivity index (χ0) is 18.4. The second kappa shape index (κ2) is 8.20. The van der Waals surface area contributed by atoms with Gasteiger partial charge in [-0.1, -0.05) is 44.2 Å². The van der Waals surface area contributed by atoms with Crippen LogP contribution in [0.1, 0.15) is 42.5 Å². The number of hydrogen-bond donors (Lipinski definition) is 1. The van der Waals surface area contributed by atoms with Crippen molar-refractivity contribution >= 4 is 12.0 Å². The van der Waals surface area contributed by atoms with Crippen molar-refractivity contribution in [2.24, 2.45) is 0 Å². The summed E-state index contributed by atoms with van der Waals surface area (Å²) in [5.74, 6) is -1.74. The van der Waals surface area contributed by atoms with Crippen molar-refractivity contribution in [3.8, 4) is 6.07 Å². The fourth-order valence-electron chi connectivity index (χ4n) is 2.27. The van der Waals surface area contributed by atoms with E-state index in [1.165, 1.54) is 11.6 Å². The second-order valence-corrected chi connectivity index (χ2v) is 5.89. The predicted molar refractivity (Wildman–Crippen MR) is 92.4 cm³/mol. The van der Waals surface area contributed by atoms with Crippen molar-refractivity contribution in [3.63, 3.8) is 0 Å². The number of rotatable bonds is 5. The molecule has 5 heteroatoms. The predicted octanol–water partition coefficient (Wildman–Crippen LogP) is 4.48. The molecule has 2 aromatic carbocycles. The van der Waals surface area contributed by atoms with Crippen LogP contribution in [0.25, 0.3) is 6.08 Å². The van der Waals surface area contributed by atoms with Gasteiger partial charge in [0.15, 0.2) is 0 Å². The highest BCUT2D eigenvalue weighted by Crippen LogP contribution is 2.18. The van der Waals surface area contributed by atoms with Crippen molar-refractivity contribution in [2.75, 3.05) is 0 Å². The molecule has 3 nitrogen and oxygen atoms in total. The topological polar surface area (TPSA) is 52.9 Å². The van der Waals surface area contributed by atoms with Gasteiger partial charge in [0.2, 0.25) is 5.91 Å². The minimum Gasteiger partial charge on any atom is -0.333 e. The van der Waals surface area contributed by atoms with Crippen molar-refractivity contribution in [3.05, 3.63) is 76.9 Å². The maximum atomic E-state index is 13.7. The molecule has 0 fully saturated rings. The Balaban J connectivity index is 2.06. The normalized spacial score (nSPS) is 12.2. The highest BCUT2D eigenvalue weighted by Gasteiger charge is 2.17. The Hall–Kier alpha value is -3.00. The summed E-state index contributed by atoms with van der Waals surface area (Å²) in [7, 11) is 0. The van der Waals surface area contributed by atoms with E-state index in [2.05, 4.69) is 19.2 Å². The van der Waals surface area contributed by atoms with Crippen LogP contribution < -0.4 is 5.32 Å². The third kappa shape index (κ3) is 4.98. The molecular weight excluding hydrogens is 322 g/mol. The zero-order valence-electron chi connectivity index (χ0n) is 14.0. The van der Waals surface area contributed by atoms with Crippen LogP contribution in [-0.4, -0.2) is 5.91 Å². The lowest BCUT2D eigenvalue weighted by molar-refractivity contribution is -0.116. The van der Waals surface area contributed by atoms with Crippen LogP contribution in [0.3, 0.4) is 0 Å². The maximum Gasteiger partial charge on any atom is 0.245 e. The molecule has 1 atom stereocenters. The molecule has 0 aliphatic heterocycles. The summed E-state index contributed by atoms with van der Waals surface area (Å²) in [5, 5.41) is 11.5. The lowest BCUT2D eigenvalue weighted by Gasteiger charge is -2.11. The zero-order valence-corrected chi connectivity index (χ0v) is 14.0. The number of nitrogens with zero attached hydrogens (tertiary/aromatic N) is 1. The van der Waals surface area contributed by atoms with Gasteiger partial charge in [0.1, 0.15) is 17.7 Å². The van der Waals surface area contributed by atoms with E-state index < -0.39 is 23.6 Å². The van der Waals surface area contributed by atoms with E-state index in [-0.39, 0.29) is 5.56 Å². The largest absolute Gasteiger partial charge is 0.333 e. The fraction of sp³-hybridized carbons (Fsp3) is 0.200. The van der Waals surface area contributed by atoms with E-state index in [1.807, 2.05) is 24.3 Å². The highest BCUT2D eigenvalue weighted by molar-refractivity contribution is 5.92. The van der Waals surface area contributed by atoms with Crippen LogP contribution >= 0.6 is 0 Å². The molecule has 1 unspecified atom stereocenters. The average Bonchev–Trinajstić information content (AvgIpc) is 2.58. The molecule has 0 radical (unpaired) electrons. The van der Waals surface area contributed by atoms with Gasteiger partial charge in [-0.05, 0) is 29.2 Å². The quantitative estimate of drug-likeness (QED) is 0.816. The van der Waals surface area contributed by atoms with E-state index in [0.29, 0.717) is 12.0 Å². The number of benzene rings is 2. The lowest BCUT2D eigenvalue weighted by atomic mass is 10.0. The van der Waals surface area contributed by atoms with E-state index in [1.54, 1.807) is 12.1 Å². The Kier molecular flexibility index (Phi) is 6.02. The van der Waals surface area contributed by atoms with Crippen molar-refractivity contribution in [2.45, 2.75) is 25.8 Å². The molecule has 128 valence electrons. The van der Waals surface area contributed by atoms with Crippen LogP contribution in [0.5, 0.6) is 0 Å². The van der Waals surface area contributed by atoms with Crippen molar-refractivity contribution in [1.29, 1.82) is 5.26 Å². The number of carbonyl (C=O) groups is 1. The molecule has 1 amide bonds. The Bertz CT molecular complexity index is 821. The van der Waals surface area contributed by atoms with Crippen molar-refractivity contribution < 1.29 is 13.6 Å². The second-order valence-electron chi connectivity index (χ2n) is 5.89. The van der Waals surface area contributed by atoms with Gasteiger partial charge in [0.05, 0.1) is 6.07 Å². The summed E-state index contributed by atoms with van der Waals surface area (Å²) >= 11 is 0. The van der Waals surface area contributed by atoms with E-state index in [9.17, 15) is 13.6 Å². The lowest BCUT2D eigenvalue weighted by Crippen LogP contribution is -2.26. The van der Waals surface area contributed by atoms with Gasteiger partial charge in [0.25, 0.3) is 0 Å². The molecule has 0 aliphatic rings. The number of amides is 1. The summed E-state index contributed by atoms with van der Waals surface area (Å²) < 4.78 is 26.7. The first-order valence-electron chi connectivity index (χ1n) is 7.84. The smallest absolute Gasteiger partial charge is 0.245 e. The minimum absolute atomic E-state index is 0.0769. The molecule has 2 rings (SSSR count). The number of nitrogens with one attached hydrogen (secondary N) is 1. The number of nitriles is 1. The highest BCUT2D eigenvalue weighted by atomic mass is 19.1. The van der Waals surface area contributed by atoms with Gasteiger partial charge >= 0.3 is 0 Å². The Morgan fingerprint density at radius 3 is 2.40 bits per heavy atom. The summed E-state index contributed by atoms with van der Waals surface area (Å²) in [5.41, 5.74) is 1.95. The first-order chi connectivity index (χ1) is 11.9. The molecule has 0 spiro atoms. The monoisotopic (exact) mass is 340 g/mol. The van der Waals surface area contributed by atoms with Gasteiger partial charge in [0, 0.05) is 17.7 Å². The van der Waals surface area contributed by atoms with Crippen molar-refractivity contribution in [1.82, 2.24) is 5.32 Å². The Morgan fingerprint density at radius 1 is 1.16 bits per heavy atom. The van der Waals surface area contributed by atoms with Gasteiger partial charge in [-0.3, -0.25) is 4.79 Å². The molecule has 25 heavy (non-hydrogen) atoms. The molecule has 0 bridgehead atoms. The average molecular weight is 340 g/mol. The molecule has 0 aliphatic carbocycles. The molecular formula is C20H18F2N2O. The van der Waals surface area contributed by atoms with E-state index in [0.717, 1.165) is 17.7 Å². The van der Waals surface area contributed by atoms with Gasteiger partial charge in [-0.15, -0.1) is 0 Å². The van der Waals surface area contributed by atoms with Crippen LogP contribution in [-0.2, 0) is 4.79 Å². The van der Waals surface area contributed by atoms with Gasteiger partial charge in [-0.2, -0.15) is 5.26 Å². The minimum atomic E-state index is -1.19. The summed E-state index contributed by atoms with van der Waals surface area (Å²) in [6, 6.07) is 11.2. The van der Waals surface area contributed by atoms with E-state index >= 15 is 0 Å². The standard InChI is InChI=1S/C20H18F2N2O/c1-13(2)15-6-3-14(4-7-15)5-10-20(25)24-19(12-23)17-9-8-16(21)11-18(17)22/h3-11,13,19H,1-2H3,(H,24,25)/b10-5+. The molecule has 0 saturated heterocycles. The van der Waals surface area contributed by atoms with Gasteiger partial charge in [-0.25, -0.2) is 8.78 Å². The molecule has 0 heterocycles. The van der Waals surface area contributed by atoms with Crippen LogP contribution in [0, 0.1) is 23.0 Å². The third-order valence-corrected chi connectivity index (χ3v) is 3.72. The SMILES string of the molecule is CC(C)c1ccc(/C=C/C(=O)NC(C#N)c2ccc(F)cc2F)cc1. The molecule has 0 saturated carbocycles.